The maximum atomic E-state index is 11.7. The van der Waals surface area contributed by atoms with Crippen molar-refractivity contribution in [2.45, 2.75) is 51.6 Å². The third kappa shape index (κ3) is 5.48. The fourth-order valence-corrected chi connectivity index (χ4v) is 2.53. The number of hydrogen-bond acceptors (Lipinski definition) is 3. The minimum absolute atomic E-state index is 0.0259. The number of rotatable bonds is 9. The van der Waals surface area contributed by atoms with Gasteiger partial charge in [0.05, 0.1) is 0 Å². The molecule has 4 heteroatoms. The maximum absolute atomic E-state index is 11.7. The molecular formula is C17H29N3O. The fraction of sp³-hybridized carbons (Fsp3) is 0.588. The van der Waals surface area contributed by atoms with E-state index in [9.17, 15) is 4.79 Å². The van der Waals surface area contributed by atoms with Crippen LogP contribution in [-0.2, 0) is 4.79 Å². The van der Waals surface area contributed by atoms with Crippen molar-refractivity contribution in [3.8, 4) is 0 Å². The molecule has 0 saturated heterocycles. The second kappa shape index (κ2) is 8.80. The molecule has 0 bridgehead atoms. The molecule has 0 saturated carbocycles. The first-order valence-electron chi connectivity index (χ1n) is 7.86. The number of carbonyl (C=O) groups excluding carboxylic acids is 1. The Morgan fingerprint density at radius 1 is 1.24 bits per heavy atom. The van der Waals surface area contributed by atoms with Gasteiger partial charge in [0, 0.05) is 31.1 Å². The molecule has 4 nitrogen and oxygen atoms in total. The lowest BCUT2D eigenvalue weighted by molar-refractivity contribution is -0.121. The third-order valence-corrected chi connectivity index (χ3v) is 4.17. The Morgan fingerprint density at radius 2 is 1.86 bits per heavy atom. The van der Waals surface area contributed by atoms with Gasteiger partial charge >= 0.3 is 0 Å². The molecule has 1 rings (SSSR count). The highest BCUT2D eigenvalue weighted by atomic mass is 16.1. The van der Waals surface area contributed by atoms with E-state index in [4.69, 9.17) is 5.73 Å². The molecule has 0 radical (unpaired) electrons. The van der Waals surface area contributed by atoms with Gasteiger partial charge in [-0.1, -0.05) is 44.2 Å². The van der Waals surface area contributed by atoms with Crippen LogP contribution < -0.4 is 16.4 Å². The summed E-state index contributed by atoms with van der Waals surface area (Å²) in [5, 5.41) is 6.70. The molecule has 1 unspecified atom stereocenters. The van der Waals surface area contributed by atoms with Gasteiger partial charge in [0.1, 0.15) is 0 Å². The molecule has 1 atom stereocenters. The smallest absolute Gasteiger partial charge is 0.221 e. The van der Waals surface area contributed by atoms with E-state index in [2.05, 4.69) is 55.7 Å². The first kappa shape index (κ1) is 17.7. The summed E-state index contributed by atoms with van der Waals surface area (Å²) in [6.45, 7) is 7.50. The number of amides is 1. The van der Waals surface area contributed by atoms with Gasteiger partial charge in [-0.05, 0) is 25.3 Å². The normalized spacial score (nSPS) is 13.0. The largest absolute Gasteiger partial charge is 0.354 e. The van der Waals surface area contributed by atoms with Crippen LogP contribution in [-0.4, -0.2) is 24.5 Å². The highest BCUT2D eigenvalue weighted by Crippen LogP contribution is 2.21. The summed E-state index contributed by atoms with van der Waals surface area (Å²) in [5.41, 5.74) is 6.59. The van der Waals surface area contributed by atoms with Crippen LogP contribution in [0.1, 0.15) is 51.6 Å². The Morgan fingerprint density at radius 3 is 2.38 bits per heavy atom. The van der Waals surface area contributed by atoms with Crippen LogP contribution in [0.4, 0.5) is 0 Å². The fourth-order valence-electron chi connectivity index (χ4n) is 2.53. The summed E-state index contributed by atoms with van der Waals surface area (Å²) < 4.78 is 0. The van der Waals surface area contributed by atoms with Crippen molar-refractivity contribution in [2.24, 2.45) is 5.73 Å². The number of benzene rings is 1. The molecule has 0 aliphatic heterocycles. The van der Waals surface area contributed by atoms with E-state index >= 15 is 0 Å². The molecule has 0 aliphatic rings. The molecule has 1 aromatic rings. The number of nitrogens with two attached hydrogens (primary N) is 1. The Bertz CT molecular complexity index is 415. The van der Waals surface area contributed by atoms with Gasteiger partial charge < -0.3 is 16.4 Å². The minimum Gasteiger partial charge on any atom is -0.354 e. The van der Waals surface area contributed by atoms with Crippen molar-refractivity contribution >= 4 is 5.91 Å². The van der Waals surface area contributed by atoms with E-state index in [0.29, 0.717) is 19.5 Å². The standard InChI is InChI=1S/C17H29N3O/c1-4-17(5-2,13-19-16(21)11-12-18)20-14(3)15-9-7-6-8-10-15/h6-10,14,20H,4-5,11-13,18H2,1-3H3,(H,19,21). The van der Waals surface area contributed by atoms with Crippen molar-refractivity contribution in [3.63, 3.8) is 0 Å². The van der Waals surface area contributed by atoms with Crippen molar-refractivity contribution in [1.82, 2.24) is 10.6 Å². The van der Waals surface area contributed by atoms with Gasteiger partial charge in [-0.25, -0.2) is 0 Å². The van der Waals surface area contributed by atoms with Crippen LogP contribution in [0, 0.1) is 0 Å². The molecule has 0 fully saturated rings. The quantitative estimate of drug-likeness (QED) is 0.654. The van der Waals surface area contributed by atoms with Gasteiger partial charge in [-0.2, -0.15) is 0 Å². The monoisotopic (exact) mass is 291 g/mol. The van der Waals surface area contributed by atoms with Crippen LogP contribution in [0.3, 0.4) is 0 Å². The van der Waals surface area contributed by atoms with E-state index in [1.807, 2.05) is 6.07 Å². The van der Waals surface area contributed by atoms with Crippen molar-refractivity contribution in [3.05, 3.63) is 35.9 Å². The molecule has 0 aromatic heterocycles. The second-order valence-electron chi connectivity index (χ2n) is 5.58. The Balaban J connectivity index is 2.69. The molecule has 118 valence electrons. The lowest BCUT2D eigenvalue weighted by atomic mass is 9.90. The molecule has 1 aromatic carbocycles. The maximum Gasteiger partial charge on any atom is 0.221 e. The molecule has 4 N–H and O–H groups in total. The topological polar surface area (TPSA) is 67.2 Å². The highest BCUT2D eigenvalue weighted by molar-refractivity contribution is 5.76. The van der Waals surface area contributed by atoms with E-state index in [1.165, 1.54) is 5.56 Å². The Kier molecular flexibility index (Phi) is 7.40. The number of nitrogens with one attached hydrogen (secondary N) is 2. The van der Waals surface area contributed by atoms with Gasteiger partial charge in [0.15, 0.2) is 0 Å². The number of hydrogen-bond donors (Lipinski definition) is 3. The second-order valence-corrected chi connectivity index (χ2v) is 5.58. The molecule has 21 heavy (non-hydrogen) atoms. The molecule has 0 heterocycles. The molecular weight excluding hydrogens is 262 g/mol. The average molecular weight is 291 g/mol. The minimum atomic E-state index is -0.0838. The predicted octanol–water partition coefficient (Wildman–Crippen LogP) is 2.36. The zero-order valence-corrected chi connectivity index (χ0v) is 13.5. The van der Waals surface area contributed by atoms with E-state index in [-0.39, 0.29) is 17.5 Å². The summed E-state index contributed by atoms with van der Waals surface area (Å²) in [7, 11) is 0. The summed E-state index contributed by atoms with van der Waals surface area (Å²) in [4.78, 5) is 11.7. The van der Waals surface area contributed by atoms with Crippen molar-refractivity contribution in [1.29, 1.82) is 0 Å². The van der Waals surface area contributed by atoms with E-state index in [1.54, 1.807) is 0 Å². The van der Waals surface area contributed by atoms with Gasteiger partial charge in [-0.15, -0.1) is 0 Å². The number of carbonyl (C=O) groups is 1. The van der Waals surface area contributed by atoms with Gasteiger partial charge in [-0.3, -0.25) is 4.79 Å². The zero-order valence-electron chi connectivity index (χ0n) is 13.5. The average Bonchev–Trinajstić information content (AvgIpc) is 2.52. The summed E-state index contributed by atoms with van der Waals surface area (Å²) in [6, 6.07) is 10.6. The van der Waals surface area contributed by atoms with Crippen LogP contribution in [0.25, 0.3) is 0 Å². The lowest BCUT2D eigenvalue weighted by Gasteiger charge is -2.36. The zero-order chi connectivity index (χ0) is 15.7. The van der Waals surface area contributed by atoms with Crippen LogP contribution >= 0.6 is 0 Å². The van der Waals surface area contributed by atoms with Crippen LogP contribution in [0.15, 0.2) is 30.3 Å². The van der Waals surface area contributed by atoms with E-state index in [0.717, 1.165) is 12.8 Å². The lowest BCUT2D eigenvalue weighted by Crippen LogP contribution is -2.53. The van der Waals surface area contributed by atoms with Gasteiger partial charge in [0.25, 0.3) is 0 Å². The summed E-state index contributed by atoms with van der Waals surface area (Å²) in [6.07, 6.45) is 2.31. The van der Waals surface area contributed by atoms with E-state index < -0.39 is 0 Å². The first-order chi connectivity index (χ1) is 10.1. The third-order valence-electron chi connectivity index (χ3n) is 4.17. The van der Waals surface area contributed by atoms with Crippen molar-refractivity contribution < 1.29 is 4.79 Å². The van der Waals surface area contributed by atoms with Gasteiger partial charge in [0.2, 0.25) is 5.91 Å². The highest BCUT2D eigenvalue weighted by Gasteiger charge is 2.28. The SMILES string of the molecule is CCC(CC)(CNC(=O)CCN)NC(C)c1ccccc1. The van der Waals surface area contributed by atoms with Crippen molar-refractivity contribution in [2.75, 3.05) is 13.1 Å². The molecule has 0 spiro atoms. The Labute approximate surface area is 128 Å². The van der Waals surface area contributed by atoms with Crippen LogP contribution in [0.5, 0.6) is 0 Å². The summed E-state index contributed by atoms with van der Waals surface area (Å²) >= 11 is 0. The molecule has 0 aliphatic carbocycles. The summed E-state index contributed by atoms with van der Waals surface area (Å²) in [5.74, 6) is 0.0259. The molecule has 1 amide bonds. The Hall–Kier alpha value is -1.39. The first-order valence-corrected chi connectivity index (χ1v) is 7.86. The van der Waals surface area contributed by atoms with Crippen LogP contribution in [0.2, 0.25) is 0 Å². The predicted molar refractivity (Wildman–Crippen MR) is 88.0 cm³/mol.